The Balaban J connectivity index is 6.13. The summed E-state index contributed by atoms with van der Waals surface area (Å²) in [5.41, 5.74) is 34.0. The van der Waals surface area contributed by atoms with Crippen molar-refractivity contribution in [3.63, 3.8) is 0 Å². The fraction of sp³-hybridized carbons (Fsp3) is 0.719. The summed E-state index contributed by atoms with van der Waals surface area (Å²) in [7, 11) is 0. The first kappa shape index (κ1) is 48.8. The fourth-order valence-corrected chi connectivity index (χ4v) is 4.86. The maximum atomic E-state index is 13.6. The standard InChI is InChI=1S/C32H62N14O8/c1-16(2)12-19(33)27(51)44-21(9-7-11-40-32(37)38)29(53)43-20(8-6-10-39-31(35)36)25(34)42-18(5)26(50)46-23(15-47)30(54)45-22(13-17(3)4)28(52)41-14-24(48)49/h16-23,47H,6-15,33H2,1-5H3,(H2,34,42)(H,41,52)(H,43,53)(H,44,51)(H,45,54)(H,46,50)(H,48,49)(H4,35,36,39)(H4,37,38,40)/t18-,19-,20-,21-,22-,23-/m0/s1. The SMILES string of the molecule is CC(C)C[C@H](NC(=O)[C@H](CO)NC(=O)[C@H](C)N=C(N)[C@H](CCCN=C(N)N)NC(=O)[C@H](CCCN=C(N)N)NC(=O)[C@@H](N)CC(C)C)C(=O)NCC(=O)O. The Hall–Kier alpha value is -5.25. The second-order valence-electron chi connectivity index (χ2n) is 13.5. The molecule has 5 amide bonds. The van der Waals surface area contributed by atoms with E-state index in [0.29, 0.717) is 19.3 Å². The first-order valence-electron chi connectivity index (χ1n) is 17.7. The average Bonchev–Trinajstić information content (AvgIpc) is 3.06. The van der Waals surface area contributed by atoms with E-state index in [2.05, 4.69) is 41.6 Å². The summed E-state index contributed by atoms with van der Waals surface area (Å²) < 4.78 is 0. The summed E-state index contributed by atoms with van der Waals surface area (Å²) in [4.78, 5) is 88.2. The van der Waals surface area contributed by atoms with Gasteiger partial charge in [-0.1, -0.05) is 27.7 Å². The molecule has 0 aliphatic carbocycles. The van der Waals surface area contributed by atoms with Crippen LogP contribution < -0.4 is 61.0 Å². The third-order valence-corrected chi connectivity index (χ3v) is 7.55. The third kappa shape index (κ3) is 21.3. The highest BCUT2D eigenvalue weighted by Crippen LogP contribution is 2.09. The highest BCUT2D eigenvalue weighted by atomic mass is 16.4. The van der Waals surface area contributed by atoms with Gasteiger partial charge in [0.15, 0.2) is 11.9 Å². The second-order valence-corrected chi connectivity index (χ2v) is 13.5. The number of aliphatic imine (C=N–C) groups is 3. The van der Waals surface area contributed by atoms with E-state index in [1.807, 2.05) is 13.8 Å². The molecule has 0 aromatic carbocycles. The van der Waals surface area contributed by atoms with Gasteiger partial charge in [0.1, 0.15) is 36.5 Å². The Morgan fingerprint density at radius 3 is 1.56 bits per heavy atom. The lowest BCUT2D eigenvalue weighted by Crippen LogP contribution is -2.57. The number of carboxylic acids is 1. The largest absolute Gasteiger partial charge is 0.480 e. The maximum absolute atomic E-state index is 13.6. The highest BCUT2D eigenvalue weighted by Gasteiger charge is 2.30. The number of carboxylic acid groups (broad SMARTS) is 1. The van der Waals surface area contributed by atoms with Gasteiger partial charge >= 0.3 is 5.97 Å². The molecule has 0 aromatic rings. The molecule has 0 unspecified atom stereocenters. The summed E-state index contributed by atoms with van der Waals surface area (Å²) in [5, 5.41) is 31.2. The van der Waals surface area contributed by atoms with Gasteiger partial charge in [-0.15, -0.1) is 0 Å². The molecule has 0 rings (SSSR count). The molecule has 54 heavy (non-hydrogen) atoms. The molecule has 22 nitrogen and oxygen atoms in total. The van der Waals surface area contributed by atoms with Gasteiger partial charge in [0.2, 0.25) is 29.5 Å². The van der Waals surface area contributed by atoms with Crippen LogP contribution in [0.25, 0.3) is 0 Å². The number of nitrogens with two attached hydrogens (primary N) is 6. The molecule has 0 heterocycles. The predicted molar refractivity (Wildman–Crippen MR) is 203 cm³/mol. The Labute approximate surface area is 315 Å². The van der Waals surface area contributed by atoms with Crippen LogP contribution in [0.3, 0.4) is 0 Å². The molecule has 0 saturated heterocycles. The number of amides is 5. The van der Waals surface area contributed by atoms with E-state index in [4.69, 9.17) is 39.5 Å². The number of amidine groups is 1. The number of hydrogen-bond donors (Lipinski definition) is 13. The van der Waals surface area contributed by atoms with Crippen LogP contribution in [-0.4, -0.2) is 126 Å². The number of aliphatic carboxylic acids is 1. The predicted octanol–water partition coefficient (Wildman–Crippen LogP) is -4.61. The lowest BCUT2D eigenvalue weighted by atomic mass is 10.0. The molecule has 6 atom stereocenters. The van der Waals surface area contributed by atoms with Crippen molar-refractivity contribution >= 4 is 53.3 Å². The highest BCUT2D eigenvalue weighted by molar-refractivity contribution is 5.97. The monoisotopic (exact) mass is 770 g/mol. The molecule has 0 fully saturated rings. The minimum absolute atomic E-state index is 0.0861. The lowest BCUT2D eigenvalue weighted by molar-refractivity contribution is -0.138. The third-order valence-electron chi connectivity index (χ3n) is 7.55. The number of carbonyl (C=O) groups is 6. The smallest absolute Gasteiger partial charge is 0.322 e. The molecule has 22 heteroatoms. The molecule has 0 saturated carbocycles. The zero-order chi connectivity index (χ0) is 41.5. The van der Waals surface area contributed by atoms with E-state index >= 15 is 0 Å². The van der Waals surface area contributed by atoms with Crippen molar-refractivity contribution in [2.24, 2.45) is 61.2 Å². The van der Waals surface area contributed by atoms with Gasteiger partial charge in [-0.25, -0.2) is 0 Å². The summed E-state index contributed by atoms with van der Waals surface area (Å²) in [6, 6.07) is -6.85. The van der Waals surface area contributed by atoms with Crippen molar-refractivity contribution in [2.45, 2.75) is 109 Å². The van der Waals surface area contributed by atoms with Gasteiger partial charge in [0.25, 0.3) is 0 Å². The van der Waals surface area contributed by atoms with Crippen molar-refractivity contribution in [3.05, 3.63) is 0 Å². The van der Waals surface area contributed by atoms with E-state index in [-0.39, 0.29) is 61.9 Å². The van der Waals surface area contributed by atoms with Crippen LogP contribution in [0.2, 0.25) is 0 Å². The van der Waals surface area contributed by atoms with Crippen LogP contribution in [0.4, 0.5) is 0 Å². The molecule has 0 spiro atoms. The van der Waals surface area contributed by atoms with Crippen LogP contribution in [0.1, 0.15) is 73.1 Å². The van der Waals surface area contributed by atoms with E-state index in [9.17, 15) is 33.9 Å². The second kappa shape index (κ2) is 25.7. The van der Waals surface area contributed by atoms with Crippen molar-refractivity contribution in [1.29, 1.82) is 0 Å². The van der Waals surface area contributed by atoms with Gasteiger partial charge in [-0.2, -0.15) is 0 Å². The van der Waals surface area contributed by atoms with Crippen molar-refractivity contribution in [3.8, 4) is 0 Å². The number of carbonyl (C=O) groups excluding carboxylic acids is 5. The first-order chi connectivity index (χ1) is 25.2. The van der Waals surface area contributed by atoms with Crippen molar-refractivity contribution in [2.75, 3.05) is 26.2 Å². The van der Waals surface area contributed by atoms with Gasteiger partial charge in [-0.05, 0) is 57.3 Å². The number of guanidine groups is 2. The molecule has 0 aliphatic rings. The van der Waals surface area contributed by atoms with Crippen LogP contribution in [-0.2, 0) is 28.8 Å². The number of rotatable bonds is 26. The van der Waals surface area contributed by atoms with Crippen LogP contribution in [0.15, 0.2) is 15.0 Å². The molecule has 0 radical (unpaired) electrons. The van der Waals surface area contributed by atoms with E-state index in [1.54, 1.807) is 13.8 Å². The van der Waals surface area contributed by atoms with Gasteiger partial charge < -0.3 is 71.2 Å². The van der Waals surface area contributed by atoms with Gasteiger partial charge in [0.05, 0.1) is 18.7 Å². The van der Waals surface area contributed by atoms with E-state index < -0.39 is 84.9 Å². The number of aliphatic hydroxyl groups excluding tert-OH is 1. The van der Waals surface area contributed by atoms with Crippen molar-refractivity contribution < 1.29 is 39.0 Å². The average molecular weight is 771 g/mol. The molecular weight excluding hydrogens is 708 g/mol. The van der Waals surface area contributed by atoms with E-state index in [1.165, 1.54) is 6.92 Å². The minimum atomic E-state index is -1.52. The van der Waals surface area contributed by atoms with Crippen molar-refractivity contribution in [1.82, 2.24) is 26.6 Å². The maximum Gasteiger partial charge on any atom is 0.322 e. The van der Waals surface area contributed by atoms with Gasteiger partial charge in [0, 0.05) is 13.1 Å². The summed E-state index contributed by atoms with van der Waals surface area (Å²) >= 11 is 0. The quantitative estimate of drug-likeness (QED) is 0.0224. The van der Waals surface area contributed by atoms with E-state index in [0.717, 1.165) is 0 Å². The number of aliphatic hydroxyl groups is 1. The normalized spacial score (nSPS) is 14.7. The lowest BCUT2D eigenvalue weighted by Gasteiger charge is -2.25. The molecule has 308 valence electrons. The first-order valence-corrected chi connectivity index (χ1v) is 17.7. The zero-order valence-electron chi connectivity index (χ0n) is 31.8. The number of hydrogen-bond acceptors (Lipinski definition) is 11. The summed E-state index contributed by atoms with van der Waals surface area (Å²) in [5.74, 6) is -5.39. The minimum Gasteiger partial charge on any atom is -0.480 e. The number of nitrogens with one attached hydrogen (secondary N) is 5. The molecule has 19 N–H and O–H groups in total. The zero-order valence-corrected chi connectivity index (χ0v) is 31.8. The molecule has 0 bridgehead atoms. The van der Waals surface area contributed by atoms with Gasteiger partial charge in [-0.3, -0.25) is 43.7 Å². The summed E-state index contributed by atoms with van der Waals surface area (Å²) in [6.45, 7) is 7.55. The van der Waals surface area contributed by atoms with Crippen LogP contribution >= 0.6 is 0 Å². The Morgan fingerprint density at radius 2 is 1.07 bits per heavy atom. The van der Waals surface area contributed by atoms with Crippen LogP contribution in [0.5, 0.6) is 0 Å². The number of nitrogens with zero attached hydrogens (tertiary/aromatic N) is 3. The Bertz CT molecular complexity index is 1330. The Morgan fingerprint density at radius 1 is 0.611 bits per heavy atom. The topological polar surface area (TPSA) is 396 Å². The molecular formula is C32H62N14O8. The van der Waals surface area contributed by atoms with Crippen LogP contribution in [0, 0.1) is 11.8 Å². The summed E-state index contributed by atoms with van der Waals surface area (Å²) in [6.07, 6.45) is 1.42. The fourth-order valence-electron chi connectivity index (χ4n) is 4.86. The molecule has 0 aromatic heterocycles. The molecule has 0 aliphatic heterocycles. The Kier molecular flexibility index (Phi) is 23.2.